The maximum atomic E-state index is 13.1. The van der Waals surface area contributed by atoms with Gasteiger partial charge in [-0.05, 0) is 43.1 Å². The first-order valence-corrected chi connectivity index (χ1v) is 6.75. The second-order valence-corrected chi connectivity index (χ2v) is 5.91. The van der Waals surface area contributed by atoms with Crippen molar-refractivity contribution in [3.05, 3.63) is 34.6 Å². The molecule has 0 saturated carbocycles. The van der Waals surface area contributed by atoms with E-state index >= 15 is 0 Å². The van der Waals surface area contributed by atoms with E-state index in [1.165, 1.54) is 25.0 Å². The Bertz CT molecular complexity index is 372. The molecule has 1 aliphatic heterocycles. The molecular formula is C12H14BrClFN. The number of nitrogens with zero attached hydrogens (tertiary/aromatic N) is 1. The summed E-state index contributed by atoms with van der Waals surface area (Å²) < 4.78 is 13.1. The van der Waals surface area contributed by atoms with Crippen LogP contribution in [-0.2, 0) is 6.54 Å². The Morgan fingerprint density at radius 1 is 1.50 bits per heavy atom. The molecule has 16 heavy (non-hydrogen) atoms. The largest absolute Gasteiger partial charge is 0.298 e. The lowest BCUT2D eigenvalue weighted by Gasteiger charge is -2.30. The molecule has 0 amide bonds. The van der Waals surface area contributed by atoms with Crippen LogP contribution in [0.25, 0.3) is 0 Å². The molecule has 2 rings (SSSR count). The van der Waals surface area contributed by atoms with E-state index in [9.17, 15) is 4.39 Å². The zero-order chi connectivity index (χ0) is 11.5. The van der Waals surface area contributed by atoms with E-state index in [4.69, 9.17) is 11.6 Å². The van der Waals surface area contributed by atoms with Crippen molar-refractivity contribution in [3.63, 3.8) is 0 Å². The minimum Gasteiger partial charge on any atom is -0.298 e. The molecule has 0 N–H and O–H groups in total. The van der Waals surface area contributed by atoms with Gasteiger partial charge >= 0.3 is 0 Å². The molecule has 1 aromatic rings. The first-order chi connectivity index (χ1) is 7.65. The summed E-state index contributed by atoms with van der Waals surface area (Å²) in [6.07, 6.45) is 2.40. The van der Waals surface area contributed by atoms with Gasteiger partial charge in [0.15, 0.2) is 0 Å². The molecule has 1 nitrogen and oxygen atoms in total. The third kappa shape index (κ3) is 3.19. The molecular weight excluding hydrogens is 292 g/mol. The molecule has 0 spiro atoms. The van der Waals surface area contributed by atoms with Crippen LogP contribution in [0.5, 0.6) is 0 Å². The molecule has 4 heteroatoms. The molecule has 1 unspecified atom stereocenters. The van der Waals surface area contributed by atoms with Gasteiger partial charge in [0.05, 0.1) is 0 Å². The highest BCUT2D eigenvalue weighted by atomic mass is 79.9. The van der Waals surface area contributed by atoms with Crippen molar-refractivity contribution in [2.24, 2.45) is 0 Å². The molecule has 0 radical (unpaired) electrons. The lowest BCUT2D eigenvalue weighted by molar-refractivity contribution is 0.227. The van der Waals surface area contributed by atoms with Gasteiger partial charge in [-0.25, -0.2) is 4.39 Å². The monoisotopic (exact) mass is 305 g/mol. The van der Waals surface area contributed by atoms with Gasteiger partial charge in [-0.15, -0.1) is 0 Å². The van der Waals surface area contributed by atoms with Crippen LogP contribution in [0.15, 0.2) is 18.2 Å². The van der Waals surface area contributed by atoms with Crippen molar-refractivity contribution in [2.75, 3.05) is 13.1 Å². The normalized spacial score (nSPS) is 22.3. The lowest BCUT2D eigenvalue weighted by atomic mass is 10.1. The van der Waals surface area contributed by atoms with Gasteiger partial charge in [0.1, 0.15) is 5.82 Å². The molecule has 1 aromatic carbocycles. The average Bonchev–Trinajstić information content (AvgIpc) is 2.24. The van der Waals surface area contributed by atoms with E-state index in [2.05, 4.69) is 20.8 Å². The number of piperidine rings is 1. The van der Waals surface area contributed by atoms with Crippen molar-refractivity contribution in [3.8, 4) is 0 Å². The molecule has 0 aliphatic carbocycles. The maximum absolute atomic E-state index is 13.1. The second-order valence-electron chi connectivity index (χ2n) is 4.21. The molecule has 88 valence electrons. The Balaban J connectivity index is 2.05. The summed E-state index contributed by atoms with van der Waals surface area (Å²) in [6, 6.07) is 4.55. The maximum Gasteiger partial charge on any atom is 0.123 e. The van der Waals surface area contributed by atoms with Crippen LogP contribution in [-0.4, -0.2) is 22.8 Å². The van der Waals surface area contributed by atoms with Gasteiger partial charge < -0.3 is 0 Å². The third-order valence-electron chi connectivity index (χ3n) is 2.85. The Morgan fingerprint density at radius 3 is 3.06 bits per heavy atom. The first-order valence-electron chi connectivity index (χ1n) is 5.45. The van der Waals surface area contributed by atoms with Gasteiger partial charge in [-0.3, -0.25) is 4.90 Å². The quantitative estimate of drug-likeness (QED) is 0.751. The Hall–Kier alpha value is -0.120. The number of benzene rings is 1. The van der Waals surface area contributed by atoms with Gasteiger partial charge in [0, 0.05) is 22.9 Å². The van der Waals surface area contributed by atoms with Gasteiger partial charge in [-0.1, -0.05) is 27.5 Å². The number of halogens is 3. The van der Waals surface area contributed by atoms with E-state index < -0.39 is 0 Å². The van der Waals surface area contributed by atoms with Crippen molar-refractivity contribution in [1.82, 2.24) is 4.90 Å². The van der Waals surface area contributed by atoms with Crippen LogP contribution in [0.3, 0.4) is 0 Å². The lowest BCUT2D eigenvalue weighted by Crippen LogP contribution is -2.35. The minimum atomic E-state index is -0.216. The third-order valence-corrected chi connectivity index (χ3v) is 3.97. The zero-order valence-electron chi connectivity index (χ0n) is 8.93. The van der Waals surface area contributed by atoms with Crippen molar-refractivity contribution in [1.29, 1.82) is 0 Å². The van der Waals surface area contributed by atoms with Gasteiger partial charge in [0.25, 0.3) is 0 Å². The van der Waals surface area contributed by atoms with Gasteiger partial charge in [0.2, 0.25) is 0 Å². The Morgan fingerprint density at radius 2 is 2.31 bits per heavy atom. The topological polar surface area (TPSA) is 3.24 Å². The summed E-state index contributed by atoms with van der Waals surface area (Å²) >= 11 is 9.67. The van der Waals surface area contributed by atoms with E-state index in [0.29, 0.717) is 9.85 Å². The molecule has 1 aliphatic rings. The fourth-order valence-corrected chi connectivity index (χ4v) is 2.96. The summed E-state index contributed by atoms with van der Waals surface area (Å²) in [5, 5.41) is 0.651. The smallest absolute Gasteiger partial charge is 0.123 e. The number of hydrogen-bond donors (Lipinski definition) is 0. The predicted octanol–water partition coefficient (Wildman–Crippen LogP) is 3.84. The Kier molecular flexibility index (Phi) is 4.22. The van der Waals surface area contributed by atoms with Crippen LogP contribution < -0.4 is 0 Å². The molecule has 0 bridgehead atoms. The fraction of sp³-hybridized carbons (Fsp3) is 0.500. The highest BCUT2D eigenvalue weighted by molar-refractivity contribution is 9.09. The second kappa shape index (κ2) is 5.48. The SMILES string of the molecule is Fc1ccc(Cl)c(CN2CCCC(Br)C2)c1. The molecule has 0 aromatic heterocycles. The van der Waals surface area contributed by atoms with Crippen LogP contribution in [0, 0.1) is 5.82 Å². The van der Waals surface area contributed by atoms with E-state index in [0.717, 1.165) is 25.2 Å². The van der Waals surface area contributed by atoms with Crippen molar-refractivity contribution >= 4 is 27.5 Å². The Labute approximate surface area is 109 Å². The van der Waals surface area contributed by atoms with E-state index in [1.807, 2.05) is 0 Å². The summed E-state index contributed by atoms with van der Waals surface area (Å²) in [4.78, 5) is 2.86. The van der Waals surface area contributed by atoms with Crippen LogP contribution in [0.2, 0.25) is 5.02 Å². The average molecular weight is 307 g/mol. The van der Waals surface area contributed by atoms with Crippen LogP contribution in [0.4, 0.5) is 4.39 Å². The van der Waals surface area contributed by atoms with E-state index in [-0.39, 0.29) is 5.82 Å². The number of likely N-dealkylation sites (tertiary alicyclic amines) is 1. The molecule has 1 fully saturated rings. The fourth-order valence-electron chi connectivity index (χ4n) is 2.05. The number of hydrogen-bond acceptors (Lipinski definition) is 1. The van der Waals surface area contributed by atoms with Crippen molar-refractivity contribution < 1.29 is 4.39 Å². The summed E-state index contributed by atoms with van der Waals surface area (Å²) in [5.41, 5.74) is 0.878. The number of rotatable bonds is 2. The number of alkyl halides is 1. The predicted molar refractivity (Wildman–Crippen MR) is 68.6 cm³/mol. The molecule has 1 saturated heterocycles. The van der Waals surface area contributed by atoms with Crippen LogP contribution >= 0.6 is 27.5 Å². The molecule has 1 atom stereocenters. The molecule has 1 heterocycles. The highest BCUT2D eigenvalue weighted by Crippen LogP contribution is 2.22. The first kappa shape index (κ1) is 12.3. The minimum absolute atomic E-state index is 0.216. The van der Waals surface area contributed by atoms with E-state index in [1.54, 1.807) is 6.07 Å². The van der Waals surface area contributed by atoms with Gasteiger partial charge in [-0.2, -0.15) is 0 Å². The highest BCUT2D eigenvalue weighted by Gasteiger charge is 2.18. The summed E-state index contributed by atoms with van der Waals surface area (Å²) in [6.45, 7) is 2.81. The summed E-state index contributed by atoms with van der Waals surface area (Å²) in [7, 11) is 0. The zero-order valence-corrected chi connectivity index (χ0v) is 11.3. The van der Waals surface area contributed by atoms with Crippen LogP contribution in [0.1, 0.15) is 18.4 Å². The standard InChI is InChI=1S/C12H14BrClFN/c13-10-2-1-5-16(8-10)7-9-6-11(15)3-4-12(9)14/h3-4,6,10H,1-2,5,7-8H2. The van der Waals surface area contributed by atoms with Crippen molar-refractivity contribution in [2.45, 2.75) is 24.2 Å². The summed E-state index contributed by atoms with van der Waals surface area (Å²) in [5.74, 6) is -0.216.